The molecule has 0 amide bonds. The van der Waals surface area contributed by atoms with Crippen LogP contribution in [0.25, 0.3) is 0 Å². The summed E-state index contributed by atoms with van der Waals surface area (Å²) in [5.41, 5.74) is -0.347. The number of halogens is 1. The van der Waals surface area contributed by atoms with Crippen LogP contribution in [0.2, 0.25) is 0 Å². The molecule has 0 aliphatic rings. The molecule has 1 aromatic heterocycles. The standard InChI is InChI=1S/C5H6ClN3O3/c6-1-2-7-4-3(5(10)11)8-12-9-4/h1-2H2,(H,7,9)(H,10,11)/p-1. The summed E-state index contributed by atoms with van der Waals surface area (Å²) >= 11 is 5.35. The second kappa shape index (κ2) is 3.91. The van der Waals surface area contributed by atoms with Gasteiger partial charge in [0.15, 0.2) is 11.5 Å². The smallest absolute Gasteiger partial charge is 0.200 e. The number of rotatable bonds is 4. The van der Waals surface area contributed by atoms with Crippen molar-refractivity contribution in [3.8, 4) is 0 Å². The molecule has 0 saturated carbocycles. The van der Waals surface area contributed by atoms with Crippen LogP contribution in [0.4, 0.5) is 5.82 Å². The van der Waals surface area contributed by atoms with Crippen molar-refractivity contribution in [3.63, 3.8) is 0 Å². The summed E-state index contributed by atoms with van der Waals surface area (Å²) in [7, 11) is 0. The van der Waals surface area contributed by atoms with Crippen LogP contribution in [0, 0.1) is 0 Å². The number of hydrogen-bond donors (Lipinski definition) is 1. The van der Waals surface area contributed by atoms with Gasteiger partial charge in [0, 0.05) is 12.4 Å². The van der Waals surface area contributed by atoms with Crippen molar-refractivity contribution in [1.82, 2.24) is 10.3 Å². The second-order valence-electron chi connectivity index (χ2n) is 1.86. The molecule has 12 heavy (non-hydrogen) atoms. The quantitative estimate of drug-likeness (QED) is 0.618. The molecule has 0 radical (unpaired) electrons. The number of nitrogens with one attached hydrogen (secondary N) is 1. The van der Waals surface area contributed by atoms with E-state index in [0.29, 0.717) is 12.4 Å². The van der Waals surface area contributed by atoms with Gasteiger partial charge in [-0.2, -0.15) is 0 Å². The van der Waals surface area contributed by atoms with Crippen LogP contribution < -0.4 is 10.4 Å². The predicted molar refractivity (Wildman–Crippen MR) is 37.8 cm³/mol. The zero-order valence-corrected chi connectivity index (χ0v) is 6.67. The van der Waals surface area contributed by atoms with Gasteiger partial charge in [0.25, 0.3) is 0 Å². The summed E-state index contributed by atoms with van der Waals surface area (Å²) < 4.78 is 4.18. The minimum Gasteiger partial charge on any atom is -0.543 e. The number of alkyl halides is 1. The maximum Gasteiger partial charge on any atom is 0.200 e. The summed E-state index contributed by atoms with van der Waals surface area (Å²) in [4.78, 5) is 10.3. The summed E-state index contributed by atoms with van der Waals surface area (Å²) in [5, 5.41) is 19.3. The van der Waals surface area contributed by atoms with E-state index in [-0.39, 0.29) is 11.5 Å². The fourth-order valence-corrected chi connectivity index (χ4v) is 0.699. The zero-order chi connectivity index (χ0) is 8.97. The molecule has 1 rings (SSSR count). The number of carbonyl (C=O) groups is 1. The van der Waals surface area contributed by atoms with Gasteiger partial charge in [-0.1, -0.05) is 0 Å². The molecule has 0 aromatic carbocycles. The van der Waals surface area contributed by atoms with E-state index in [1.807, 2.05) is 0 Å². The molecular weight excluding hydrogens is 186 g/mol. The maximum absolute atomic E-state index is 10.3. The van der Waals surface area contributed by atoms with Crippen LogP contribution in [0.3, 0.4) is 0 Å². The number of anilines is 1. The van der Waals surface area contributed by atoms with Crippen LogP contribution in [-0.4, -0.2) is 28.7 Å². The van der Waals surface area contributed by atoms with Crippen molar-refractivity contribution in [2.45, 2.75) is 0 Å². The first-order valence-corrected chi connectivity index (χ1v) is 3.63. The van der Waals surface area contributed by atoms with Gasteiger partial charge in [-0.05, 0) is 10.3 Å². The first-order chi connectivity index (χ1) is 5.75. The third kappa shape index (κ3) is 1.85. The number of aromatic nitrogens is 2. The van der Waals surface area contributed by atoms with Crippen LogP contribution in [0.1, 0.15) is 10.5 Å². The van der Waals surface area contributed by atoms with Crippen LogP contribution in [0.5, 0.6) is 0 Å². The Hall–Kier alpha value is -1.30. The average Bonchev–Trinajstić information content (AvgIpc) is 2.48. The molecule has 0 spiro atoms. The van der Waals surface area contributed by atoms with E-state index < -0.39 is 5.97 Å². The molecule has 0 unspecified atom stereocenters. The molecular formula is C5H5ClN3O3-. The minimum absolute atomic E-state index is 0.0376. The highest BCUT2D eigenvalue weighted by molar-refractivity contribution is 6.18. The number of carboxylic acid groups (broad SMARTS) is 1. The Labute approximate surface area is 72.5 Å². The fraction of sp³-hybridized carbons (Fsp3) is 0.400. The summed E-state index contributed by atoms with van der Waals surface area (Å²) in [6.45, 7) is 0.385. The van der Waals surface area contributed by atoms with E-state index >= 15 is 0 Å². The third-order valence-electron chi connectivity index (χ3n) is 1.07. The van der Waals surface area contributed by atoms with Crippen LogP contribution in [-0.2, 0) is 0 Å². The Kier molecular flexibility index (Phi) is 2.87. The number of nitrogens with zero attached hydrogens (tertiary/aromatic N) is 2. The van der Waals surface area contributed by atoms with Crippen LogP contribution >= 0.6 is 11.6 Å². The average molecular weight is 191 g/mol. The largest absolute Gasteiger partial charge is 0.543 e. The van der Waals surface area contributed by atoms with Crippen molar-refractivity contribution in [3.05, 3.63) is 5.69 Å². The molecule has 0 atom stereocenters. The van der Waals surface area contributed by atoms with Crippen molar-refractivity contribution in [2.75, 3.05) is 17.7 Å². The lowest BCUT2D eigenvalue weighted by atomic mass is 10.4. The Morgan fingerprint density at radius 2 is 2.42 bits per heavy atom. The topological polar surface area (TPSA) is 91.1 Å². The number of hydrogen-bond acceptors (Lipinski definition) is 6. The molecule has 66 valence electrons. The minimum atomic E-state index is -1.44. The van der Waals surface area contributed by atoms with E-state index in [9.17, 15) is 9.90 Å². The van der Waals surface area contributed by atoms with Crippen molar-refractivity contribution >= 4 is 23.4 Å². The lowest BCUT2D eigenvalue weighted by molar-refractivity contribution is -0.255. The van der Waals surface area contributed by atoms with Crippen molar-refractivity contribution in [2.24, 2.45) is 0 Å². The lowest BCUT2D eigenvalue weighted by Gasteiger charge is -2.00. The highest BCUT2D eigenvalue weighted by Gasteiger charge is 2.09. The van der Waals surface area contributed by atoms with Gasteiger partial charge in [-0.3, -0.25) is 0 Å². The Morgan fingerprint density at radius 3 is 3.00 bits per heavy atom. The van der Waals surface area contributed by atoms with E-state index in [1.54, 1.807) is 0 Å². The Morgan fingerprint density at radius 1 is 1.67 bits per heavy atom. The van der Waals surface area contributed by atoms with Crippen molar-refractivity contribution in [1.29, 1.82) is 0 Å². The van der Waals surface area contributed by atoms with Gasteiger partial charge in [0.05, 0.1) is 5.97 Å². The summed E-state index contributed by atoms with van der Waals surface area (Å²) in [6, 6.07) is 0. The first kappa shape index (κ1) is 8.79. The molecule has 0 aliphatic carbocycles. The second-order valence-corrected chi connectivity index (χ2v) is 2.24. The van der Waals surface area contributed by atoms with Gasteiger partial charge in [-0.15, -0.1) is 11.6 Å². The molecule has 1 aromatic rings. The molecule has 0 fully saturated rings. The highest BCUT2D eigenvalue weighted by atomic mass is 35.5. The monoisotopic (exact) mass is 190 g/mol. The normalized spacial score (nSPS) is 9.75. The van der Waals surface area contributed by atoms with E-state index in [0.717, 1.165) is 0 Å². The molecule has 0 bridgehead atoms. The summed E-state index contributed by atoms with van der Waals surface area (Å²) in [5.74, 6) is -1.07. The summed E-state index contributed by atoms with van der Waals surface area (Å²) in [6.07, 6.45) is 0. The fourth-order valence-electron chi connectivity index (χ4n) is 0.604. The van der Waals surface area contributed by atoms with Gasteiger partial charge >= 0.3 is 0 Å². The highest BCUT2D eigenvalue weighted by Crippen LogP contribution is 2.06. The molecule has 0 aliphatic heterocycles. The maximum atomic E-state index is 10.3. The molecule has 1 N–H and O–H groups in total. The van der Waals surface area contributed by atoms with Crippen molar-refractivity contribution < 1.29 is 14.5 Å². The third-order valence-corrected chi connectivity index (χ3v) is 1.26. The zero-order valence-electron chi connectivity index (χ0n) is 5.91. The Balaban J connectivity index is 2.70. The SMILES string of the molecule is O=C([O-])c1nonc1NCCCl. The molecule has 1 heterocycles. The van der Waals surface area contributed by atoms with Gasteiger partial charge < -0.3 is 15.2 Å². The molecule has 7 heteroatoms. The van der Waals surface area contributed by atoms with Gasteiger partial charge in [0.2, 0.25) is 0 Å². The number of carboxylic acids is 1. The van der Waals surface area contributed by atoms with Crippen LogP contribution in [0.15, 0.2) is 4.63 Å². The van der Waals surface area contributed by atoms with E-state index in [1.165, 1.54) is 0 Å². The first-order valence-electron chi connectivity index (χ1n) is 3.09. The van der Waals surface area contributed by atoms with Gasteiger partial charge in [-0.25, -0.2) is 4.63 Å². The number of carbonyl (C=O) groups excluding carboxylic acids is 1. The van der Waals surface area contributed by atoms with E-state index in [2.05, 4.69) is 20.3 Å². The van der Waals surface area contributed by atoms with Gasteiger partial charge in [0.1, 0.15) is 0 Å². The van der Waals surface area contributed by atoms with E-state index in [4.69, 9.17) is 11.6 Å². The Bertz CT molecular complexity index is 275. The number of aromatic carboxylic acids is 1. The predicted octanol–water partition coefficient (Wildman–Crippen LogP) is -0.916. The molecule has 0 saturated heterocycles. The molecule has 6 nitrogen and oxygen atoms in total. The lowest BCUT2D eigenvalue weighted by Crippen LogP contribution is -2.24.